The number of likely N-dealkylation sites (N-methyl/N-ethyl adjacent to an activating group) is 1. The van der Waals surface area contributed by atoms with E-state index >= 15 is 0 Å². The third kappa shape index (κ3) is 6.21. The number of pyridine rings is 1. The van der Waals surface area contributed by atoms with Crippen LogP contribution in [0.2, 0.25) is 0 Å². The fraction of sp³-hybridized carbons (Fsp3) is 0.417. The Morgan fingerprint density at radius 1 is 1.11 bits per heavy atom. The predicted molar refractivity (Wildman–Crippen MR) is 120 cm³/mol. The third-order valence-electron chi connectivity index (χ3n) is 5.54. The van der Waals surface area contributed by atoms with E-state index in [-0.39, 0.29) is 17.9 Å². The molecule has 0 atom stereocenters. The SMILES string of the molecule is CN(C)CCOc1ccn2c(-c3cc(OC(F)F)c(C(=O)CC4CC4)c(OC(F)F)c3)cnc2c1. The number of alkyl halides is 4. The van der Waals surface area contributed by atoms with Gasteiger partial charge in [-0.05, 0) is 51.1 Å². The van der Waals surface area contributed by atoms with E-state index in [0.717, 1.165) is 19.4 Å². The third-order valence-corrected chi connectivity index (χ3v) is 5.54. The van der Waals surface area contributed by atoms with E-state index in [1.807, 2.05) is 19.0 Å². The molecule has 0 N–H and O–H groups in total. The number of carbonyl (C=O) groups is 1. The van der Waals surface area contributed by atoms with Crippen LogP contribution in [-0.4, -0.2) is 60.5 Å². The first kappa shape index (κ1) is 24.8. The molecular weight excluding hydrogens is 470 g/mol. The predicted octanol–water partition coefficient (Wildman–Crippen LogP) is 5.13. The van der Waals surface area contributed by atoms with E-state index in [0.29, 0.717) is 23.7 Å². The molecule has 0 bridgehead atoms. The second-order valence-corrected chi connectivity index (χ2v) is 8.56. The second kappa shape index (κ2) is 10.5. The van der Waals surface area contributed by atoms with Gasteiger partial charge in [-0.3, -0.25) is 9.20 Å². The number of hydrogen-bond donors (Lipinski definition) is 0. The summed E-state index contributed by atoms with van der Waals surface area (Å²) in [5.74, 6) is -0.923. The molecule has 0 spiro atoms. The van der Waals surface area contributed by atoms with E-state index < -0.39 is 36.1 Å². The molecule has 0 amide bonds. The molecule has 0 radical (unpaired) electrons. The van der Waals surface area contributed by atoms with Gasteiger partial charge in [0, 0.05) is 30.8 Å². The summed E-state index contributed by atoms with van der Waals surface area (Å²) < 4.78 is 69.3. The Morgan fingerprint density at radius 2 is 1.77 bits per heavy atom. The Balaban J connectivity index is 1.73. The average Bonchev–Trinajstić information content (AvgIpc) is 3.47. The van der Waals surface area contributed by atoms with Gasteiger partial charge in [0.15, 0.2) is 5.78 Å². The van der Waals surface area contributed by atoms with Crippen LogP contribution in [0.25, 0.3) is 16.9 Å². The number of hydrogen-bond acceptors (Lipinski definition) is 6. The standard InChI is InChI=1S/C24H25F4N3O4/c1-30(2)7-8-33-16-5-6-31-17(13-29-21(31)12-16)15-10-19(34-23(25)26)22(18(32)9-14-3-4-14)20(11-15)35-24(27)28/h5-6,10-14,23-24H,3-4,7-9H2,1-2H3. The zero-order chi connectivity index (χ0) is 25.1. The van der Waals surface area contributed by atoms with E-state index in [1.54, 1.807) is 22.7 Å². The topological polar surface area (TPSA) is 65.3 Å². The quantitative estimate of drug-likeness (QED) is 0.257. The maximum absolute atomic E-state index is 13.2. The molecule has 0 saturated heterocycles. The number of ether oxygens (including phenoxy) is 3. The molecule has 4 rings (SSSR count). The van der Waals surface area contributed by atoms with Crippen LogP contribution in [0.15, 0.2) is 36.7 Å². The minimum absolute atomic E-state index is 0.0464. The van der Waals surface area contributed by atoms with Crippen molar-refractivity contribution in [3.05, 3.63) is 42.2 Å². The molecule has 11 heteroatoms. The largest absolute Gasteiger partial charge is 0.492 e. The van der Waals surface area contributed by atoms with E-state index in [1.165, 1.54) is 18.3 Å². The number of nitrogens with zero attached hydrogens (tertiary/aromatic N) is 3. The summed E-state index contributed by atoms with van der Waals surface area (Å²) >= 11 is 0. The highest BCUT2D eigenvalue weighted by Crippen LogP contribution is 2.41. The molecule has 2 aromatic heterocycles. The maximum Gasteiger partial charge on any atom is 0.387 e. The Bertz CT molecular complexity index is 1160. The fourth-order valence-electron chi connectivity index (χ4n) is 3.69. The van der Waals surface area contributed by atoms with Gasteiger partial charge in [0.25, 0.3) is 0 Å². The summed E-state index contributed by atoms with van der Waals surface area (Å²) in [6, 6.07) is 5.83. The molecule has 35 heavy (non-hydrogen) atoms. The van der Waals surface area contributed by atoms with Crippen LogP contribution in [0, 0.1) is 5.92 Å². The van der Waals surface area contributed by atoms with Crippen molar-refractivity contribution < 1.29 is 36.6 Å². The van der Waals surface area contributed by atoms with Crippen LogP contribution in [0.5, 0.6) is 17.2 Å². The van der Waals surface area contributed by atoms with Crippen molar-refractivity contribution in [3.63, 3.8) is 0 Å². The smallest absolute Gasteiger partial charge is 0.387 e. The molecule has 3 aromatic rings. The van der Waals surface area contributed by atoms with Crippen LogP contribution in [0.4, 0.5) is 17.6 Å². The Hall–Kier alpha value is -3.34. The minimum Gasteiger partial charge on any atom is -0.492 e. The van der Waals surface area contributed by atoms with Crippen molar-refractivity contribution in [2.24, 2.45) is 5.92 Å². The van der Waals surface area contributed by atoms with Crippen LogP contribution in [-0.2, 0) is 0 Å². The lowest BCUT2D eigenvalue weighted by atomic mass is 10.00. The number of rotatable bonds is 12. The summed E-state index contributed by atoms with van der Waals surface area (Å²) in [4.78, 5) is 19.1. The van der Waals surface area contributed by atoms with Crippen LogP contribution >= 0.6 is 0 Å². The van der Waals surface area contributed by atoms with Gasteiger partial charge in [0.1, 0.15) is 35.1 Å². The minimum atomic E-state index is -3.26. The molecule has 0 aliphatic heterocycles. The van der Waals surface area contributed by atoms with Gasteiger partial charge in [-0.15, -0.1) is 0 Å². The monoisotopic (exact) mass is 495 g/mol. The van der Waals surface area contributed by atoms with Crippen molar-refractivity contribution in [3.8, 4) is 28.5 Å². The zero-order valence-electron chi connectivity index (χ0n) is 19.2. The number of halogens is 4. The molecule has 1 saturated carbocycles. The number of Topliss-reactive ketones (excluding diaryl/α,β-unsaturated/α-hetero) is 1. The van der Waals surface area contributed by atoms with Crippen molar-refractivity contribution in [2.75, 3.05) is 27.2 Å². The first-order chi connectivity index (χ1) is 16.7. The van der Waals surface area contributed by atoms with Crippen LogP contribution < -0.4 is 14.2 Å². The highest BCUT2D eigenvalue weighted by Gasteiger charge is 2.30. The first-order valence-electron chi connectivity index (χ1n) is 11.1. The molecule has 1 aromatic carbocycles. The van der Waals surface area contributed by atoms with Gasteiger partial charge in [-0.25, -0.2) is 4.98 Å². The molecule has 1 aliphatic carbocycles. The van der Waals surface area contributed by atoms with E-state index in [4.69, 9.17) is 4.74 Å². The van der Waals surface area contributed by atoms with Crippen molar-refractivity contribution in [2.45, 2.75) is 32.5 Å². The highest BCUT2D eigenvalue weighted by atomic mass is 19.3. The Labute approximate surface area is 199 Å². The lowest BCUT2D eigenvalue weighted by Crippen LogP contribution is -2.19. The molecular formula is C24H25F4N3O4. The number of aromatic nitrogens is 2. The summed E-state index contributed by atoms with van der Waals surface area (Å²) in [5.41, 5.74) is 0.697. The average molecular weight is 495 g/mol. The molecule has 188 valence electrons. The van der Waals surface area contributed by atoms with Crippen molar-refractivity contribution >= 4 is 11.4 Å². The molecule has 7 nitrogen and oxygen atoms in total. The van der Waals surface area contributed by atoms with E-state index in [2.05, 4.69) is 14.5 Å². The van der Waals surface area contributed by atoms with Crippen molar-refractivity contribution in [1.29, 1.82) is 0 Å². The lowest BCUT2D eigenvalue weighted by Gasteiger charge is -2.17. The zero-order valence-corrected chi connectivity index (χ0v) is 19.2. The number of ketones is 1. The van der Waals surface area contributed by atoms with Gasteiger partial charge in [0.05, 0.1) is 11.9 Å². The maximum atomic E-state index is 13.2. The van der Waals surface area contributed by atoms with E-state index in [9.17, 15) is 22.4 Å². The number of carbonyl (C=O) groups excluding carboxylic acids is 1. The van der Waals surface area contributed by atoms with Gasteiger partial charge < -0.3 is 19.1 Å². The lowest BCUT2D eigenvalue weighted by molar-refractivity contribution is -0.0548. The van der Waals surface area contributed by atoms with Gasteiger partial charge in [-0.2, -0.15) is 17.6 Å². The Morgan fingerprint density at radius 3 is 2.34 bits per heavy atom. The fourth-order valence-corrected chi connectivity index (χ4v) is 3.69. The summed E-state index contributed by atoms with van der Waals surface area (Å²) in [7, 11) is 3.85. The van der Waals surface area contributed by atoms with Gasteiger partial charge in [-0.1, -0.05) is 0 Å². The van der Waals surface area contributed by atoms with Crippen LogP contribution in [0.1, 0.15) is 29.6 Å². The number of benzene rings is 1. The molecule has 1 aliphatic rings. The van der Waals surface area contributed by atoms with Gasteiger partial charge in [0.2, 0.25) is 0 Å². The highest BCUT2D eigenvalue weighted by molar-refractivity contribution is 6.02. The van der Waals surface area contributed by atoms with Gasteiger partial charge >= 0.3 is 13.2 Å². The molecule has 2 heterocycles. The first-order valence-corrected chi connectivity index (χ1v) is 11.1. The summed E-state index contributed by atoms with van der Waals surface area (Å²) in [6.45, 7) is -5.34. The number of imidazole rings is 1. The number of fused-ring (bicyclic) bond motifs is 1. The second-order valence-electron chi connectivity index (χ2n) is 8.56. The van der Waals surface area contributed by atoms with Crippen molar-refractivity contribution in [1.82, 2.24) is 14.3 Å². The normalized spacial score (nSPS) is 13.7. The molecule has 1 fully saturated rings. The summed E-state index contributed by atoms with van der Waals surface area (Å²) in [5, 5.41) is 0. The Kier molecular flexibility index (Phi) is 7.44. The molecule has 0 unspecified atom stereocenters. The van der Waals surface area contributed by atoms with Crippen LogP contribution in [0.3, 0.4) is 0 Å². The summed E-state index contributed by atoms with van der Waals surface area (Å²) in [6.07, 6.45) is 4.81.